The van der Waals surface area contributed by atoms with Crippen LogP contribution in [0.15, 0.2) is 53.1 Å². The molecule has 0 fully saturated rings. The molecule has 150 valence electrons. The summed E-state index contributed by atoms with van der Waals surface area (Å²) in [6.45, 7) is 2.24. The van der Waals surface area contributed by atoms with Gasteiger partial charge in [0, 0.05) is 30.5 Å². The van der Waals surface area contributed by atoms with Crippen molar-refractivity contribution in [2.75, 3.05) is 12.8 Å². The maximum atomic E-state index is 12.3. The Morgan fingerprint density at radius 1 is 1.17 bits per heavy atom. The Balaban J connectivity index is 1.48. The predicted molar refractivity (Wildman–Crippen MR) is 110 cm³/mol. The van der Waals surface area contributed by atoms with E-state index in [2.05, 4.69) is 10.1 Å². The van der Waals surface area contributed by atoms with E-state index < -0.39 is 4.92 Å². The largest absolute Gasteiger partial charge is 0.337 e. The Hall–Kier alpha value is -3.20. The van der Waals surface area contributed by atoms with Gasteiger partial charge in [0.25, 0.3) is 5.69 Å². The summed E-state index contributed by atoms with van der Waals surface area (Å²) in [7, 11) is 1.69. The monoisotopic (exact) mass is 412 g/mol. The van der Waals surface area contributed by atoms with Crippen LogP contribution in [0.3, 0.4) is 0 Å². The van der Waals surface area contributed by atoms with Gasteiger partial charge in [0.2, 0.25) is 17.6 Å². The highest BCUT2D eigenvalue weighted by Crippen LogP contribution is 2.19. The number of hydrogen-bond acceptors (Lipinski definition) is 7. The molecular formula is C20H20N4O4S. The first-order valence-electron chi connectivity index (χ1n) is 8.87. The number of nitro benzene ring substituents is 1. The Kier molecular flexibility index (Phi) is 6.61. The van der Waals surface area contributed by atoms with Gasteiger partial charge in [-0.15, -0.1) is 11.8 Å². The SMILES string of the molecule is Cc1ccc(-c2noc(CN(C)C(=O)CSCc3ccc([N+](=O)[O-])cc3)n2)cc1. The van der Waals surface area contributed by atoms with Crippen molar-refractivity contribution in [1.29, 1.82) is 0 Å². The summed E-state index contributed by atoms with van der Waals surface area (Å²) in [6.07, 6.45) is 0. The Morgan fingerprint density at radius 3 is 2.52 bits per heavy atom. The van der Waals surface area contributed by atoms with Gasteiger partial charge in [-0.2, -0.15) is 4.98 Å². The molecule has 0 radical (unpaired) electrons. The molecule has 0 N–H and O–H groups in total. The first kappa shape index (κ1) is 20.5. The van der Waals surface area contributed by atoms with Gasteiger partial charge in [0.15, 0.2) is 0 Å². The lowest BCUT2D eigenvalue weighted by Gasteiger charge is -2.14. The molecular weight excluding hydrogens is 392 g/mol. The van der Waals surface area contributed by atoms with Gasteiger partial charge in [-0.05, 0) is 12.5 Å². The number of thioether (sulfide) groups is 1. The summed E-state index contributed by atoms with van der Waals surface area (Å²) in [5, 5.41) is 14.6. The van der Waals surface area contributed by atoms with E-state index in [-0.39, 0.29) is 23.9 Å². The molecule has 0 aliphatic carbocycles. The number of amides is 1. The number of aryl methyl sites for hydroxylation is 1. The maximum absolute atomic E-state index is 12.3. The first-order chi connectivity index (χ1) is 13.9. The van der Waals surface area contributed by atoms with Crippen LogP contribution in [0.4, 0.5) is 5.69 Å². The molecule has 2 aromatic carbocycles. The van der Waals surface area contributed by atoms with Crippen LogP contribution in [0.2, 0.25) is 0 Å². The second-order valence-corrected chi connectivity index (χ2v) is 7.53. The molecule has 1 aromatic heterocycles. The van der Waals surface area contributed by atoms with Crippen molar-refractivity contribution in [3.05, 3.63) is 75.7 Å². The van der Waals surface area contributed by atoms with Crippen LogP contribution < -0.4 is 0 Å². The molecule has 0 aliphatic rings. The van der Waals surface area contributed by atoms with Crippen LogP contribution in [0.25, 0.3) is 11.4 Å². The molecule has 1 amide bonds. The summed E-state index contributed by atoms with van der Waals surface area (Å²) in [5.41, 5.74) is 2.99. The van der Waals surface area contributed by atoms with Gasteiger partial charge in [-0.25, -0.2) is 0 Å². The van der Waals surface area contributed by atoms with Crippen molar-refractivity contribution in [1.82, 2.24) is 15.0 Å². The van der Waals surface area contributed by atoms with Gasteiger partial charge >= 0.3 is 0 Å². The van der Waals surface area contributed by atoms with Crippen molar-refractivity contribution in [3.63, 3.8) is 0 Å². The highest BCUT2D eigenvalue weighted by Gasteiger charge is 2.15. The molecule has 0 saturated heterocycles. The summed E-state index contributed by atoms with van der Waals surface area (Å²) < 4.78 is 5.26. The van der Waals surface area contributed by atoms with Gasteiger partial charge in [-0.3, -0.25) is 14.9 Å². The second kappa shape index (κ2) is 9.33. The van der Waals surface area contributed by atoms with E-state index in [0.29, 0.717) is 17.5 Å². The molecule has 0 aliphatic heterocycles. The second-order valence-electron chi connectivity index (χ2n) is 6.54. The fraction of sp³-hybridized carbons (Fsp3) is 0.250. The molecule has 0 atom stereocenters. The van der Waals surface area contributed by atoms with Gasteiger partial charge in [0.1, 0.15) is 0 Å². The average molecular weight is 412 g/mol. The third-order valence-electron chi connectivity index (χ3n) is 4.22. The normalized spacial score (nSPS) is 10.7. The predicted octanol–water partition coefficient (Wildman–Crippen LogP) is 3.85. The quantitative estimate of drug-likeness (QED) is 0.409. The smallest absolute Gasteiger partial charge is 0.269 e. The number of carbonyl (C=O) groups excluding carboxylic acids is 1. The molecule has 9 heteroatoms. The molecule has 3 rings (SSSR count). The minimum absolute atomic E-state index is 0.0547. The maximum Gasteiger partial charge on any atom is 0.269 e. The zero-order valence-electron chi connectivity index (χ0n) is 16.1. The van der Waals surface area contributed by atoms with Crippen LogP contribution in [0.5, 0.6) is 0 Å². The number of non-ortho nitro benzene ring substituents is 1. The van der Waals surface area contributed by atoms with Crippen molar-refractivity contribution in [3.8, 4) is 11.4 Å². The van der Waals surface area contributed by atoms with Gasteiger partial charge < -0.3 is 9.42 Å². The third-order valence-corrected chi connectivity index (χ3v) is 5.21. The molecule has 0 spiro atoms. The van der Waals surface area contributed by atoms with E-state index in [9.17, 15) is 14.9 Å². The lowest BCUT2D eigenvalue weighted by molar-refractivity contribution is -0.384. The summed E-state index contributed by atoms with van der Waals surface area (Å²) >= 11 is 1.44. The van der Waals surface area contributed by atoms with Crippen LogP contribution in [0, 0.1) is 17.0 Å². The number of aromatic nitrogens is 2. The minimum atomic E-state index is -0.433. The lowest BCUT2D eigenvalue weighted by Crippen LogP contribution is -2.28. The van der Waals surface area contributed by atoms with Crippen molar-refractivity contribution >= 4 is 23.4 Å². The molecule has 8 nitrogen and oxygen atoms in total. The van der Waals surface area contributed by atoms with Gasteiger partial charge in [-0.1, -0.05) is 47.1 Å². The topological polar surface area (TPSA) is 102 Å². The summed E-state index contributed by atoms with van der Waals surface area (Å²) in [5.74, 6) is 1.68. The van der Waals surface area contributed by atoms with Gasteiger partial charge in [0.05, 0.1) is 17.2 Å². The van der Waals surface area contributed by atoms with E-state index in [1.165, 1.54) is 28.8 Å². The molecule has 0 bridgehead atoms. The Bertz CT molecular complexity index is 986. The molecule has 1 heterocycles. The first-order valence-corrected chi connectivity index (χ1v) is 10.0. The van der Waals surface area contributed by atoms with Crippen LogP contribution in [-0.4, -0.2) is 38.7 Å². The van der Waals surface area contributed by atoms with E-state index in [4.69, 9.17) is 4.52 Å². The Morgan fingerprint density at radius 2 is 1.86 bits per heavy atom. The van der Waals surface area contributed by atoms with E-state index >= 15 is 0 Å². The standard InChI is InChI=1S/C20H20N4O4S/c1-14-3-7-16(8-4-14)20-21-18(28-22-20)11-23(2)19(25)13-29-12-15-5-9-17(10-6-15)24(26)27/h3-10H,11-13H2,1-2H3. The average Bonchev–Trinajstić information content (AvgIpc) is 3.17. The molecule has 0 saturated carbocycles. The highest BCUT2D eigenvalue weighted by molar-refractivity contribution is 7.99. The summed E-state index contributed by atoms with van der Waals surface area (Å²) in [6, 6.07) is 14.1. The number of benzene rings is 2. The number of nitrogens with zero attached hydrogens (tertiary/aromatic N) is 4. The number of rotatable bonds is 8. The highest BCUT2D eigenvalue weighted by atomic mass is 32.2. The molecule has 0 unspecified atom stereocenters. The van der Waals surface area contributed by atoms with E-state index in [1.807, 2.05) is 31.2 Å². The number of carbonyl (C=O) groups is 1. The van der Waals surface area contributed by atoms with Crippen molar-refractivity contribution < 1.29 is 14.2 Å². The Labute approximate surface area is 172 Å². The fourth-order valence-electron chi connectivity index (χ4n) is 2.51. The van der Waals surface area contributed by atoms with Crippen LogP contribution >= 0.6 is 11.8 Å². The molecule has 3 aromatic rings. The fourth-order valence-corrected chi connectivity index (χ4v) is 3.44. The van der Waals surface area contributed by atoms with E-state index in [0.717, 1.165) is 16.7 Å². The van der Waals surface area contributed by atoms with E-state index in [1.54, 1.807) is 19.2 Å². The molecule has 29 heavy (non-hydrogen) atoms. The van der Waals surface area contributed by atoms with Crippen LogP contribution in [-0.2, 0) is 17.1 Å². The summed E-state index contributed by atoms with van der Waals surface area (Å²) in [4.78, 5) is 28.4. The number of nitro groups is 1. The number of hydrogen-bond donors (Lipinski definition) is 0. The zero-order chi connectivity index (χ0) is 20.8. The van der Waals surface area contributed by atoms with Crippen molar-refractivity contribution in [2.45, 2.75) is 19.2 Å². The minimum Gasteiger partial charge on any atom is -0.337 e. The van der Waals surface area contributed by atoms with Crippen molar-refractivity contribution in [2.24, 2.45) is 0 Å². The van der Waals surface area contributed by atoms with Crippen LogP contribution in [0.1, 0.15) is 17.0 Å². The zero-order valence-corrected chi connectivity index (χ0v) is 16.9. The third kappa shape index (κ3) is 5.64. The lowest BCUT2D eigenvalue weighted by atomic mass is 10.1.